The van der Waals surface area contributed by atoms with E-state index in [0.717, 1.165) is 26.1 Å². The van der Waals surface area contributed by atoms with Crippen LogP contribution in [0.25, 0.3) is 0 Å². The molecule has 1 aliphatic carbocycles. The van der Waals surface area contributed by atoms with Gasteiger partial charge >= 0.3 is 0 Å². The number of nitrogens with one attached hydrogen (secondary N) is 1. The van der Waals surface area contributed by atoms with E-state index >= 15 is 0 Å². The smallest absolute Gasteiger partial charge is 0.0675 e. The molecule has 0 amide bonds. The molecule has 14 heavy (non-hydrogen) atoms. The van der Waals surface area contributed by atoms with Crippen LogP contribution in [0.3, 0.4) is 0 Å². The Labute approximate surface area is 87.2 Å². The molecule has 0 spiro atoms. The number of ether oxygens (including phenoxy) is 2. The van der Waals surface area contributed by atoms with E-state index in [-0.39, 0.29) is 0 Å². The first-order chi connectivity index (χ1) is 6.83. The molecule has 1 aliphatic rings. The molecule has 0 aromatic rings. The summed E-state index contributed by atoms with van der Waals surface area (Å²) in [6.07, 6.45) is 5.83. The number of hydrogen-bond acceptors (Lipinski definition) is 3. The highest BCUT2D eigenvalue weighted by Gasteiger charge is 2.19. The van der Waals surface area contributed by atoms with Crippen molar-refractivity contribution in [1.29, 1.82) is 0 Å². The quantitative estimate of drug-likeness (QED) is 0.605. The number of rotatable bonds is 8. The maximum absolute atomic E-state index is 5.80. The zero-order chi connectivity index (χ0) is 10.2. The first-order valence-corrected chi connectivity index (χ1v) is 5.68. The molecule has 0 aromatic heterocycles. The van der Waals surface area contributed by atoms with Crippen molar-refractivity contribution in [2.75, 3.05) is 26.8 Å². The van der Waals surface area contributed by atoms with Gasteiger partial charge in [0.25, 0.3) is 0 Å². The molecule has 3 heteroatoms. The third-order valence-corrected chi connectivity index (χ3v) is 2.61. The average molecular weight is 201 g/mol. The third kappa shape index (κ3) is 4.94. The van der Waals surface area contributed by atoms with Gasteiger partial charge in [-0.1, -0.05) is 0 Å². The van der Waals surface area contributed by atoms with E-state index in [4.69, 9.17) is 9.47 Å². The van der Waals surface area contributed by atoms with Gasteiger partial charge in [-0.05, 0) is 39.2 Å². The summed E-state index contributed by atoms with van der Waals surface area (Å²) in [5, 5.41) is 3.37. The Balaban J connectivity index is 1.84. The molecular formula is C11H23NO2. The monoisotopic (exact) mass is 201 g/mol. The molecular weight excluding hydrogens is 178 g/mol. The summed E-state index contributed by atoms with van der Waals surface area (Å²) in [6, 6.07) is 0. The molecule has 3 nitrogen and oxygen atoms in total. The highest BCUT2D eigenvalue weighted by atomic mass is 16.5. The molecule has 0 aromatic carbocycles. The van der Waals surface area contributed by atoms with Crippen LogP contribution in [0.2, 0.25) is 0 Å². The summed E-state index contributed by atoms with van der Waals surface area (Å²) in [7, 11) is 1.74. The average Bonchev–Trinajstić information content (AvgIpc) is 2.11. The predicted octanol–water partition coefficient (Wildman–Crippen LogP) is 1.57. The Morgan fingerprint density at radius 1 is 1.43 bits per heavy atom. The van der Waals surface area contributed by atoms with Gasteiger partial charge in [0.05, 0.1) is 12.2 Å². The van der Waals surface area contributed by atoms with Crippen LogP contribution in [-0.2, 0) is 9.47 Å². The van der Waals surface area contributed by atoms with Crippen molar-refractivity contribution >= 4 is 0 Å². The van der Waals surface area contributed by atoms with Gasteiger partial charge in [-0.2, -0.15) is 0 Å². The fourth-order valence-corrected chi connectivity index (χ4v) is 1.53. The Bertz CT molecular complexity index is 137. The fourth-order valence-electron chi connectivity index (χ4n) is 1.53. The predicted molar refractivity (Wildman–Crippen MR) is 57.5 cm³/mol. The van der Waals surface area contributed by atoms with Crippen molar-refractivity contribution in [2.24, 2.45) is 0 Å². The molecule has 1 fully saturated rings. The molecule has 0 aliphatic heterocycles. The Kier molecular flexibility index (Phi) is 6.15. The molecule has 1 unspecified atom stereocenters. The number of methoxy groups -OCH3 is 1. The zero-order valence-corrected chi connectivity index (χ0v) is 9.42. The van der Waals surface area contributed by atoms with Crippen LogP contribution in [-0.4, -0.2) is 39.0 Å². The summed E-state index contributed by atoms with van der Waals surface area (Å²) in [5.41, 5.74) is 0. The molecule has 0 saturated heterocycles. The summed E-state index contributed by atoms with van der Waals surface area (Å²) < 4.78 is 10.8. The molecule has 1 saturated carbocycles. The van der Waals surface area contributed by atoms with Gasteiger partial charge in [0.15, 0.2) is 0 Å². The van der Waals surface area contributed by atoms with Gasteiger partial charge < -0.3 is 14.8 Å². The van der Waals surface area contributed by atoms with E-state index in [1.165, 1.54) is 19.3 Å². The van der Waals surface area contributed by atoms with Crippen LogP contribution in [0.1, 0.15) is 32.6 Å². The minimum Gasteiger partial charge on any atom is -0.385 e. The minimum atomic E-state index is 0.350. The van der Waals surface area contributed by atoms with Crippen molar-refractivity contribution in [3.63, 3.8) is 0 Å². The van der Waals surface area contributed by atoms with E-state index in [9.17, 15) is 0 Å². The van der Waals surface area contributed by atoms with Crippen molar-refractivity contribution in [3.8, 4) is 0 Å². The zero-order valence-electron chi connectivity index (χ0n) is 9.42. The van der Waals surface area contributed by atoms with Crippen LogP contribution in [0, 0.1) is 0 Å². The lowest BCUT2D eigenvalue weighted by Crippen LogP contribution is -2.33. The highest BCUT2D eigenvalue weighted by molar-refractivity contribution is 4.71. The van der Waals surface area contributed by atoms with Crippen molar-refractivity contribution < 1.29 is 9.47 Å². The lowest BCUT2D eigenvalue weighted by atomic mass is 9.96. The Morgan fingerprint density at radius 3 is 2.79 bits per heavy atom. The van der Waals surface area contributed by atoms with E-state index in [1.54, 1.807) is 7.11 Å². The SMILES string of the molecule is COCCCNCC(C)OC1CCC1. The van der Waals surface area contributed by atoms with Crippen LogP contribution < -0.4 is 5.32 Å². The van der Waals surface area contributed by atoms with Crippen molar-refractivity contribution in [1.82, 2.24) is 5.32 Å². The second-order valence-electron chi connectivity index (χ2n) is 4.05. The molecule has 1 N–H and O–H groups in total. The molecule has 1 rings (SSSR count). The van der Waals surface area contributed by atoms with E-state index < -0.39 is 0 Å². The molecule has 0 radical (unpaired) electrons. The normalized spacial score (nSPS) is 19.3. The van der Waals surface area contributed by atoms with Gasteiger partial charge in [0, 0.05) is 20.3 Å². The molecule has 0 bridgehead atoms. The van der Waals surface area contributed by atoms with Gasteiger partial charge in [-0.25, -0.2) is 0 Å². The van der Waals surface area contributed by atoms with Crippen LogP contribution >= 0.6 is 0 Å². The van der Waals surface area contributed by atoms with Gasteiger partial charge in [0.2, 0.25) is 0 Å². The van der Waals surface area contributed by atoms with Gasteiger partial charge in [-0.3, -0.25) is 0 Å². The van der Waals surface area contributed by atoms with E-state index in [2.05, 4.69) is 12.2 Å². The third-order valence-electron chi connectivity index (χ3n) is 2.61. The Morgan fingerprint density at radius 2 is 2.21 bits per heavy atom. The standard InChI is InChI=1S/C11H23NO2/c1-10(14-11-5-3-6-11)9-12-7-4-8-13-2/h10-12H,3-9H2,1-2H3. The van der Waals surface area contributed by atoms with Crippen LogP contribution in [0.4, 0.5) is 0 Å². The fraction of sp³-hybridized carbons (Fsp3) is 1.00. The molecule has 1 atom stereocenters. The lowest BCUT2D eigenvalue weighted by Gasteiger charge is -2.29. The molecule has 0 heterocycles. The topological polar surface area (TPSA) is 30.5 Å². The maximum Gasteiger partial charge on any atom is 0.0675 e. The largest absolute Gasteiger partial charge is 0.385 e. The first-order valence-electron chi connectivity index (χ1n) is 5.68. The summed E-state index contributed by atoms with van der Waals surface area (Å²) in [6.45, 7) is 4.96. The summed E-state index contributed by atoms with van der Waals surface area (Å²) >= 11 is 0. The number of hydrogen-bond donors (Lipinski definition) is 1. The van der Waals surface area contributed by atoms with Gasteiger partial charge in [0.1, 0.15) is 0 Å². The molecule has 84 valence electrons. The van der Waals surface area contributed by atoms with E-state index in [0.29, 0.717) is 12.2 Å². The van der Waals surface area contributed by atoms with Crippen molar-refractivity contribution in [2.45, 2.75) is 44.8 Å². The first kappa shape index (κ1) is 12.0. The van der Waals surface area contributed by atoms with Crippen molar-refractivity contribution in [3.05, 3.63) is 0 Å². The summed E-state index contributed by atoms with van der Waals surface area (Å²) in [4.78, 5) is 0. The second-order valence-corrected chi connectivity index (χ2v) is 4.05. The van der Waals surface area contributed by atoms with Gasteiger partial charge in [-0.15, -0.1) is 0 Å². The highest BCUT2D eigenvalue weighted by Crippen LogP contribution is 2.22. The van der Waals surface area contributed by atoms with E-state index in [1.807, 2.05) is 0 Å². The second kappa shape index (κ2) is 7.21. The maximum atomic E-state index is 5.80. The van der Waals surface area contributed by atoms with Crippen LogP contribution in [0.5, 0.6) is 0 Å². The lowest BCUT2D eigenvalue weighted by molar-refractivity contribution is -0.0418. The van der Waals surface area contributed by atoms with Crippen LogP contribution in [0.15, 0.2) is 0 Å². The minimum absolute atomic E-state index is 0.350. The Hall–Kier alpha value is -0.120. The summed E-state index contributed by atoms with van der Waals surface area (Å²) in [5.74, 6) is 0.